The number of carbonyl (C=O) groups excluding carboxylic acids is 2. The van der Waals surface area contributed by atoms with Crippen molar-refractivity contribution in [2.45, 2.75) is 19.4 Å². The van der Waals surface area contributed by atoms with Crippen molar-refractivity contribution in [3.05, 3.63) is 29.6 Å². The van der Waals surface area contributed by atoms with Crippen molar-refractivity contribution in [2.75, 3.05) is 25.9 Å². The van der Waals surface area contributed by atoms with Crippen LogP contribution in [0.25, 0.3) is 0 Å². The van der Waals surface area contributed by atoms with E-state index in [1.807, 2.05) is 0 Å². The Labute approximate surface area is 117 Å². The van der Waals surface area contributed by atoms with Crippen LogP contribution < -0.4 is 5.73 Å². The van der Waals surface area contributed by atoms with E-state index in [1.54, 1.807) is 25.8 Å². The fourth-order valence-corrected chi connectivity index (χ4v) is 2.46. The summed E-state index contributed by atoms with van der Waals surface area (Å²) < 4.78 is 13.4. The lowest BCUT2D eigenvalue weighted by atomic mass is 9.96. The average molecular weight is 279 g/mol. The fourth-order valence-electron chi connectivity index (χ4n) is 2.46. The summed E-state index contributed by atoms with van der Waals surface area (Å²) in [5.74, 6) is -1.09. The third-order valence-corrected chi connectivity index (χ3v) is 3.62. The van der Waals surface area contributed by atoms with Crippen LogP contribution in [0.5, 0.6) is 0 Å². The number of nitrogen functional groups attached to an aromatic ring is 1. The molecule has 0 saturated carbocycles. The predicted molar refractivity (Wildman–Crippen MR) is 73.6 cm³/mol. The van der Waals surface area contributed by atoms with Crippen LogP contribution >= 0.6 is 0 Å². The molecule has 108 valence electrons. The largest absolute Gasteiger partial charge is 0.399 e. The van der Waals surface area contributed by atoms with Crippen LogP contribution in [-0.4, -0.2) is 47.3 Å². The van der Waals surface area contributed by atoms with Crippen molar-refractivity contribution >= 4 is 17.5 Å². The minimum atomic E-state index is -0.953. The molecule has 0 atom stereocenters. The van der Waals surface area contributed by atoms with Crippen LogP contribution in [0, 0.1) is 5.82 Å². The van der Waals surface area contributed by atoms with Gasteiger partial charge in [0.05, 0.1) is 0 Å². The van der Waals surface area contributed by atoms with E-state index >= 15 is 0 Å². The molecular formula is C14H18FN3O2. The number of amides is 2. The number of hydrogen-bond donors (Lipinski definition) is 1. The minimum Gasteiger partial charge on any atom is -0.399 e. The first-order valence-electron chi connectivity index (χ1n) is 6.37. The molecule has 1 aromatic carbocycles. The Morgan fingerprint density at radius 1 is 1.30 bits per heavy atom. The first-order chi connectivity index (χ1) is 9.23. The molecule has 6 heteroatoms. The molecule has 2 N–H and O–H groups in total. The van der Waals surface area contributed by atoms with Gasteiger partial charge in [0.25, 0.3) is 5.91 Å². The Kier molecular flexibility index (Phi) is 3.41. The quantitative estimate of drug-likeness (QED) is 0.783. The minimum absolute atomic E-state index is 0.138. The third-order valence-electron chi connectivity index (χ3n) is 3.62. The van der Waals surface area contributed by atoms with Crippen LogP contribution in [0.4, 0.5) is 10.1 Å². The van der Waals surface area contributed by atoms with Gasteiger partial charge in [-0.15, -0.1) is 0 Å². The van der Waals surface area contributed by atoms with Gasteiger partial charge in [0.2, 0.25) is 5.91 Å². The summed E-state index contributed by atoms with van der Waals surface area (Å²) in [5.41, 5.74) is 4.95. The second-order valence-corrected chi connectivity index (χ2v) is 5.52. The number of nitrogens with zero attached hydrogens (tertiary/aromatic N) is 2. The highest BCUT2D eigenvalue weighted by molar-refractivity contribution is 6.00. The van der Waals surface area contributed by atoms with Gasteiger partial charge in [0, 0.05) is 31.4 Å². The predicted octanol–water partition coefficient (Wildman–Crippen LogP) is 1.10. The third kappa shape index (κ3) is 2.33. The van der Waals surface area contributed by atoms with Gasteiger partial charge in [-0.2, -0.15) is 0 Å². The summed E-state index contributed by atoms with van der Waals surface area (Å²) in [7, 11) is 1.70. The molecule has 0 radical (unpaired) electrons. The standard InChI is InChI=1S/C14H18FN3O2/c1-14(2)13(20)17(3)4-5-18(14)12(19)9-6-10(15)8-11(16)7-9/h6-8H,4-5,16H2,1-3H3. The lowest BCUT2D eigenvalue weighted by Gasteiger charge is -2.44. The first-order valence-corrected chi connectivity index (χ1v) is 6.37. The summed E-state index contributed by atoms with van der Waals surface area (Å²) in [5, 5.41) is 0. The first kappa shape index (κ1) is 14.3. The van der Waals surface area contributed by atoms with Gasteiger partial charge < -0.3 is 15.5 Å². The molecule has 0 aliphatic carbocycles. The average Bonchev–Trinajstić information content (AvgIpc) is 2.34. The molecule has 0 unspecified atom stereocenters. The van der Waals surface area contributed by atoms with Crippen molar-refractivity contribution in [1.29, 1.82) is 0 Å². The second-order valence-electron chi connectivity index (χ2n) is 5.52. The number of rotatable bonds is 1. The normalized spacial score (nSPS) is 18.3. The molecule has 20 heavy (non-hydrogen) atoms. The number of hydrogen-bond acceptors (Lipinski definition) is 3. The molecule has 0 aromatic heterocycles. The highest BCUT2D eigenvalue weighted by Crippen LogP contribution is 2.24. The molecule has 1 saturated heterocycles. The van der Waals surface area contributed by atoms with Crippen LogP contribution in [0.2, 0.25) is 0 Å². The van der Waals surface area contributed by atoms with Gasteiger partial charge in [0.15, 0.2) is 0 Å². The number of piperazine rings is 1. The summed E-state index contributed by atoms with van der Waals surface area (Å²) in [6.07, 6.45) is 0. The number of carbonyl (C=O) groups is 2. The van der Waals surface area contributed by atoms with Crippen LogP contribution in [-0.2, 0) is 4.79 Å². The summed E-state index contributed by atoms with van der Waals surface area (Å²) in [4.78, 5) is 27.7. The highest BCUT2D eigenvalue weighted by atomic mass is 19.1. The van der Waals surface area contributed by atoms with Gasteiger partial charge in [-0.3, -0.25) is 9.59 Å². The van der Waals surface area contributed by atoms with Crippen LogP contribution in [0.15, 0.2) is 18.2 Å². The zero-order valence-corrected chi connectivity index (χ0v) is 11.8. The lowest BCUT2D eigenvalue weighted by molar-refractivity contribution is -0.144. The van der Waals surface area contributed by atoms with Gasteiger partial charge >= 0.3 is 0 Å². The van der Waals surface area contributed by atoms with Crippen molar-refractivity contribution < 1.29 is 14.0 Å². The Bertz CT molecular complexity index is 551. The van der Waals surface area contributed by atoms with E-state index in [4.69, 9.17) is 5.73 Å². The van der Waals surface area contributed by atoms with E-state index in [9.17, 15) is 14.0 Å². The van der Waals surface area contributed by atoms with Crippen molar-refractivity contribution in [3.63, 3.8) is 0 Å². The van der Waals surface area contributed by atoms with Gasteiger partial charge in [-0.1, -0.05) is 0 Å². The highest BCUT2D eigenvalue weighted by Gasteiger charge is 2.43. The van der Waals surface area contributed by atoms with Gasteiger partial charge in [-0.05, 0) is 32.0 Å². The second kappa shape index (κ2) is 4.77. The van der Waals surface area contributed by atoms with Crippen molar-refractivity contribution in [2.24, 2.45) is 0 Å². The summed E-state index contributed by atoms with van der Waals surface area (Å²) >= 11 is 0. The van der Waals surface area contributed by atoms with E-state index in [0.717, 1.165) is 12.1 Å². The van der Waals surface area contributed by atoms with Gasteiger partial charge in [0.1, 0.15) is 11.4 Å². The number of halogens is 1. The molecule has 1 fully saturated rings. The number of likely N-dealkylation sites (N-methyl/N-ethyl adjacent to an activating group) is 1. The SMILES string of the molecule is CN1CCN(C(=O)c2cc(N)cc(F)c2)C(C)(C)C1=O. The molecule has 0 spiro atoms. The topological polar surface area (TPSA) is 66.6 Å². The molecule has 1 aliphatic rings. The summed E-state index contributed by atoms with van der Waals surface area (Å²) in [6, 6.07) is 3.71. The maximum Gasteiger partial charge on any atom is 0.254 e. The summed E-state index contributed by atoms with van der Waals surface area (Å²) in [6.45, 7) is 4.24. The zero-order chi connectivity index (χ0) is 15.1. The maximum atomic E-state index is 13.4. The number of anilines is 1. The monoisotopic (exact) mass is 279 g/mol. The Hall–Kier alpha value is -2.11. The molecule has 0 bridgehead atoms. The van der Waals surface area contributed by atoms with E-state index in [1.165, 1.54) is 11.0 Å². The Morgan fingerprint density at radius 2 is 1.95 bits per heavy atom. The van der Waals surface area contributed by atoms with Crippen LogP contribution in [0.3, 0.4) is 0 Å². The smallest absolute Gasteiger partial charge is 0.254 e. The van der Waals surface area contributed by atoms with Crippen LogP contribution in [0.1, 0.15) is 24.2 Å². The number of benzene rings is 1. The van der Waals surface area contributed by atoms with E-state index < -0.39 is 11.4 Å². The Balaban J connectivity index is 2.35. The molecule has 5 nitrogen and oxygen atoms in total. The number of nitrogens with two attached hydrogens (primary N) is 1. The molecular weight excluding hydrogens is 261 g/mol. The van der Waals surface area contributed by atoms with E-state index in [0.29, 0.717) is 13.1 Å². The molecule has 1 aromatic rings. The van der Waals surface area contributed by atoms with E-state index in [-0.39, 0.29) is 23.1 Å². The van der Waals surface area contributed by atoms with Crippen molar-refractivity contribution in [1.82, 2.24) is 9.80 Å². The fraction of sp³-hybridized carbons (Fsp3) is 0.429. The molecule has 2 rings (SSSR count). The Morgan fingerprint density at radius 3 is 2.55 bits per heavy atom. The van der Waals surface area contributed by atoms with Crippen molar-refractivity contribution in [3.8, 4) is 0 Å². The molecule has 1 aliphatic heterocycles. The lowest BCUT2D eigenvalue weighted by Crippen LogP contribution is -2.63. The zero-order valence-electron chi connectivity index (χ0n) is 11.8. The van der Waals surface area contributed by atoms with E-state index in [2.05, 4.69) is 0 Å². The molecule has 2 amide bonds. The molecule has 1 heterocycles. The maximum absolute atomic E-state index is 13.4. The van der Waals surface area contributed by atoms with Gasteiger partial charge in [-0.25, -0.2) is 4.39 Å².